The molecule has 2 heterocycles. The minimum Gasteiger partial charge on any atom is -0.372 e. The van der Waals surface area contributed by atoms with E-state index in [4.69, 9.17) is 5.26 Å². The highest BCUT2D eigenvalue weighted by molar-refractivity contribution is 5.95. The Hall–Kier alpha value is -3.56. The molecular weight excluding hydrogens is 404 g/mol. The van der Waals surface area contributed by atoms with Crippen molar-refractivity contribution < 1.29 is 26.3 Å². The van der Waals surface area contributed by atoms with Crippen LogP contribution in [-0.2, 0) is 18.9 Å². The van der Waals surface area contributed by atoms with Crippen molar-refractivity contribution in [2.45, 2.75) is 18.9 Å². The Balaban J connectivity index is 2.09. The van der Waals surface area contributed by atoms with E-state index >= 15 is 0 Å². The predicted molar refractivity (Wildman–Crippen MR) is 90.2 cm³/mol. The lowest BCUT2D eigenvalue weighted by Gasteiger charge is -2.14. The van der Waals surface area contributed by atoms with E-state index in [1.165, 1.54) is 7.05 Å². The van der Waals surface area contributed by atoms with Crippen LogP contribution in [-0.4, -0.2) is 26.8 Å². The first-order valence-corrected chi connectivity index (χ1v) is 7.88. The average molecular weight is 415 g/mol. The molecule has 0 aliphatic carbocycles. The number of nitriles is 1. The van der Waals surface area contributed by atoms with Gasteiger partial charge in [-0.25, -0.2) is 9.67 Å². The van der Waals surface area contributed by atoms with Gasteiger partial charge in [-0.1, -0.05) is 0 Å². The van der Waals surface area contributed by atoms with Gasteiger partial charge in [0.05, 0.1) is 29.0 Å². The molecule has 3 rings (SSSR count). The largest absolute Gasteiger partial charge is 0.421 e. The summed E-state index contributed by atoms with van der Waals surface area (Å²) >= 11 is 0. The van der Waals surface area contributed by atoms with E-state index in [9.17, 15) is 26.3 Å². The number of anilines is 3. The van der Waals surface area contributed by atoms with Gasteiger partial charge in [0, 0.05) is 18.6 Å². The first-order valence-electron chi connectivity index (χ1n) is 7.88. The van der Waals surface area contributed by atoms with Crippen molar-refractivity contribution in [3.05, 3.63) is 35.7 Å². The summed E-state index contributed by atoms with van der Waals surface area (Å²) in [5.41, 5.74) is -2.36. The third-order valence-electron chi connectivity index (χ3n) is 3.90. The van der Waals surface area contributed by atoms with Gasteiger partial charge in [-0.3, -0.25) is 0 Å². The number of hydrogen-bond donors (Lipinski definition) is 2. The van der Waals surface area contributed by atoms with E-state index in [0.717, 1.165) is 23.0 Å². The summed E-state index contributed by atoms with van der Waals surface area (Å²) in [4.78, 5) is 7.31. The number of alkyl halides is 6. The van der Waals surface area contributed by atoms with Gasteiger partial charge in [0.2, 0.25) is 5.95 Å². The Labute approximate surface area is 159 Å². The second kappa shape index (κ2) is 7.12. The number of nitrogens with zero attached hydrogens (tertiary/aromatic N) is 5. The highest BCUT2D eigenvalue weighted by Crippen LogP contribution is 2.38. The van der Waals surface area contributed by atoms with Crippen LogP contribution >= 0.6 is 0 Å². The second-order valence-electron chi connectivity index (χ2n) is 5.71. The lowest BCUT2D eigenvalue weighted by Crippen LogP contribution is -2.13. The number of nitrogens with one attached hydrogen (secondary N) is 2. The molecule has 1 aromatic carbocycles. The van der Waals surface area contributed by atoms with Crippen molar-refractivity contribution in [2.24, 2.45) is 0 Å². The van der Waals surface area contributed by atoms with Crippen molar-refractivity contribution in [1.29, 1.82) is 5.26 Å². The number of rotatable bonds is 4. The summed E-state index contributed by atoms with van der Waals surface area (Å²) in [5.74, 6) is -0.769. The van der Waals surface area contributed by atoms with Crippen molar-refractivity contribution >= 4 is 28.4 Å². The quantitative estimate of drug-likeness (QED) is 0.622. The van der Waals surface area contributed by atoms with E-state index in [0.29, 0.717) is 6.20 Å². The molecule has 0 fully saturated rings. The molecule has 29 heavy (non-hydrogen) atoms. The molecule has 13 heteroatoms. The maximum Gasteiger partial charge on any atom is 0.421 e. The molecule has 0 aliphatic rings. The minimum absolute atomic E-state index is 0.00424. The Kier molecular flexibility index (Phi) is 4.95. The normalized spacial score (nSPS) is 12.1. The summed E-state index contributed by atoms with van der Waals surface area (Å²) in [6.45, 7) is -0.420. The van der Waals surface area contributed by atoms with Gasteiger partial charge in [0.25, 0.3) is 0 Å². The van der Waals surface area contributed by atoms with Gasteiger partial charge in [0.1, 0.15) is 17.9 Å². The van der Waals surface area contributed by atoms with Gasteiger partial charge in [-0.15, -0.1) is 0 Å². The van der Waals surface area contributed by atoms with E-state index in [1.54, 1.807) is 6.07 Å². The van der Waals surface area contributed by atoms with Crippen LogP contribution in [0.3, 0.4) is 0 Å². The SMILES string of the molecule is CNc1nc(Nc2ccc(C(F)(F)F)c3c2cnn3CC#N)ncc1C(F)(F)F. The molecule has 2 aromatic heterocycles. The number of benzene rings is 1. The van der Waals surface area contributed by atoms with Crippen LogP contribution in [0.2, 0.25) is 0 Å². The van der Waals surface area contributed by atoms with Gasteiger partial charge in [0.15, 0.2) is 0 Å². The van der Waals surface area contributed by atoms with Crippen LogP contribution < -0.4 is 10.6 Å². The second-order valence-corrected chi connectivity index (χ2v) is 5.71. The van der Waals surface area contributed by atoms with Crippen molar-refractivity contribution in [2.75, 3.05) is 17.7 Å². The van der Waals surface area contributed by atoms with E-state index in [-0.39, 0.29) is 22.5 Å². The van der Waals surface area contributed by atoms with Crippen LogP contribution in [0.1, 0.15) is 11.1 Å². The fourth-order valence-electron chi connectivity index (χ4n) is 2.69. The molecule has 0 spiro atoms. The molecule has 0 radical (unpaired) electrons. The molecule has 0 saturated carbocycles. The van der Waals surface area contributed by atoms with Crippen molar-refractivity contribution in [3.8, 4) is 6.07 Å². The fourth-order valence-corrected chi connectivity index (χ4v) is 2.69. The molecule has 0 atom stereocenters. The molecule has 2 N–H and O–H groups in total. The molecular formula is C16H11F6N7. The summed E-state index contributed by atoms with van der Waals surface area (Å²) in [7, 11) is 1.24. The summed E-state index contributed by atoms with van der Waals surface area (Å²) < 4.78 is 79.8. The number of hydrogen-bond acceptors (Lipinski definition) is 6. The predicted octanol–water partition coefficient (Wildman–Crippen LogP) is 4.17. The monoisotopic (exact) mass is 415 g/mol. The highest BCUT2D eigenvalue weighted by atomic mass is 19.4. The maximum absolute atomic E-state index is 13.3. The first kappa shape index (κ1) is 20.2. The van der Waals surface area contributed by atoms with Gasteiger partial charge >= 0.3 is 12.4 Å². The molecule has 3 aromatic rings. The zero-order valence-electron chi connectivity index (χ0n) is 14.5. The molecule has 0 saturated heterocycles. The van der Waals surface area contributed by atoms with Crippen LogP contribution in [0.5, 0.6) is 0 Å². The van der Waals surface area contributed by atoms with Crippen LogP contribution in [0, 0.1) is 11.3 Å². The smallest absolute Gasteiger partial charge is 0.372 e. The zero-order valence-corrected chi connectivity index (χ0v) is 14.5. The molecule has 7 nitrogen and oxygen atoms in total. The number of halogens is 6. The Bertz CT molecular complexity index is 1090. The van der Waals surface area contributed by atoms with Gasteiger partial charge < -0.3 is 10.6 Å². The topological polar surface area (TPSA) is 91.5 Å². The van der Waals surface area contributed by atoms with Crippen LogP contribution in [0.4, 0.5) is 43.8 Å². The third-order valence-corrected chi connectivity index (χ3v) is 3.90. The summed E-state index contributed by atoms with van der Waals surface area (Å²) in [6.07, 6.45) is -7.71. The van der Waals surface area contributed by atoms with Crippen LogP contribution in [0.25, 0.3) is 10.9 Å². The molecule has 0 amide bonds. The van der Waals surface area contributed by atoms with Crippen molar-refractivity contribution in [3.63, 3.8) is 0 Å². The van der Waals surface area contributed by atoms with E-state index in [2.05, 4.69) is 25.7 Å². The first-order chi connectivity index (χ1) is 13.6. The Morgan fingerprint density at radius 1 is 1.07 bits per heavy atom. The Morgan fingerprint density at radius 3 is 2.34 bits per heavy atom. The third kappa shape index (κ3) is 3.86. The lowest BCUT2D eigenvalue weighted by atomic mass is 10.1. The summed E-state index contributed by atoms with van der Waals surface area (Å²) in [5, 5.41) is 17.5. The molecule has 0 aliphatic heterocycles. The average Bonchev–Trinajstić information content (AvgIpc) is 3.04. The highest BCUT2D eigenvalue weighted by Gasteiger charge is 2.36. The fraction of sp³-hybridized carbons (Fsp3) is 0.250. The minimum atomic E-state index is -4.70. The Morgan fingerprint density at radius 2 is 1.76 bits per heavy atom. The standard InChI is InChI=1S/C16H11F6N7/c1-24-13-10(16(20,21)22)7-25-14(28-13)27-11-3-2-9(15(17,18)19)12-8(11)6-26-29(12)5-4-23/h2-3,6-7H,5H2,1H3,(H2,24,25,27,28). The molecule has 0 unspecified atom stereocenters. The van der Waals surface area contributed by atoms with Gasteiger partial charge in [-0.2, -0.15) is 41.7 Å². The van der Waals surface area contributed by atoms with Crippen molar-refractivity contribution in [1.82, 2.24) is 19.7 Å². The molecule has 152 valence electrons. The lowest BCUT2D eigenvalue weighted by molar-refractivity contribution is -0.137. The zero-order chi connectivity index (χ0) is 21.4. The molecule has 0 bridgehead atoms. The number of fused-ring (bicyclic) bond motifs is 1. The van der Waals surface area contributed by atoms with E-state index < -0.39 is 35.8 Å². The van der Waals surface area contributed by atoms with E-state index in [1.807, 2.05) is 0 Å². The van der Waals surface area contributed by atoms with Gasteiger partial charge in [-0.05, 0) is 12.1 Å². The maximum atomic E-state index is 13.3. The number of aromatic nitrogens is 4. The van der Waals surface area contributed by atoms with Crippen LogP contribution in [0.15, 0.2) is 24.5 Å². The summed E-state index contributed by atoms with van der Waals surface area (Å²) in [6, 6.07) is 3.59.